The van der Waals surface area contributed by atoms with Gasteiger partial charge < -0.3 is 9.88 Å². The molecule has 7 nitrogen and oxygen atoms in total. The lowest BCUT2D eigenvalue weighted by Gasteiger charge is -2.30. The van der Waals surface area contributed by atoms with Crippen molar-refractivity contribution in [1.82, 2.24) is 29.5 Å². The van der Waals surface area contributed by atoms with E-state index in [-0.39, 0.29) is 11.9 Å². The molecule has 2 atom stereocenters. The van der Waals surface area contributed by atoms with Crippen molar-refractivity contribution in [2.24, 2.45) is 0 Å². The average molecular weight is 463 g/mol. The second kappa shape index (κ2) is 9.18. The topological polar surface area (TPSA) is 77.1 Å². The fourth-order valence-corrected chi connectivity index (χ4v) is 4.97. The molecule has 1 fully saturated rings. The maximum atomic E-state index is 13.2. The van der Waals surface area contributed by atoms with E-state index < -0.39 is 0 Å². The molecule has 0 aliphatic heterocycles. The van der Waals surface area contributed by atoms with Gasteiger partial charge in [-0.25, -0.2) is 14.5 Å². The van der Waals surface area contributed by atoms with Gasteiger partial charge >= 0.3 is 0 Å². The van der Waals surface area contributed by atoms with Crippen LogP contribution in [0.4, 0.5) is 0 Å². The summed E-state index contributed by atoms with van der Waals surface area (Å²) in [6.07, 6.45) is 9.69. The summed E-state index contributed by atoms with van der Waals surface area (Å²) in [7, 11) is 0. The van der Waals surface area contributed by atoms with Gasteiger partial charge in [0.25, 0.3) is 5.91 Å². The van der Waals surface area contributed by atoms with Crippen molar-refractivity contribution in [3.05, 3.63) is 97.2 Å². The number of carbonyl (C=O) groups is 1. The predicted octanol–water partition coefficient (Wildman–Crippen LogP) is 5.17. The van der Waals surface area contributed by atoms with Crippen LogP contribution in [0, 0.1) is 0 Å². The number of nitrogens with zero attached hydrogens (tertiary/aromatic N) is 5. The van der Waals surface area contributed by atoms with Gasteiger partial charge in [0.05, 0.1) is 17.7 Å². The maximum Gasteiger partial charge on any atom is 0.272 e. The molecule has 1 saturated carbocycles. The highest BCUT2D eigenvalue weighted by Crippen LogP contribution is 2.29. The van der Waals surface area contributed by atoms with Gasteiger partial charge in [0, 0.05) is 41.7 Å². The Balaban J connectivity index is 1.32. The summed E-state index contributed by atoms with van der Waals surface area (Å²) in [5.41, 5.74) is 4.81. The Hall–Kier alpha value is -4.26. The minimum atomic E-state index is -0.160. The molecular weight excluding hydrogens is 436 g/mol. The first-order valence-corrected chi connectivity index (χ1v) is 12.0. The monoisotopic (exact) mass is 462 g/mol. The van der Waals surface area contributed by atoms with Gasteiger partial charge in [0.1, 0.15) is 0 Å². The number of rotatable bonds is 5. The molecule has 7 heteroatoms. The second-order valence-corrected chi connectivity index (χ2v) is 9.06. The highest BCUT2D eigenvalue weighted by atomic mass is 16.2. The van der Waals surface area contributed by atoms with Crippen LogP contribution < -0.4 is 5.32 Å². The predicted molar refractivity (Wildman–Crippen MR) is 135 cm³/mol. The lowest BCUT2D eigenvalue weighted by Crippen LogP contribution is -2.39. The van der Waals surface area contributed by atoms with Gasteiger partial charge in [0.2, 0.25) is 0 Å². The number of fused-ring (bicyclic) bond motifs is 1. The standard InChI is InChI=1S/C28H26N6O/c35-28(30-22-12-7-13-23(16-22)33-15-14-29-19-33)25-18-27-31-24(20-8-3-1-4-9-20)17-26(34(27)32-25)21-10-5-2-6-11-21/h1-6,8-11,14-15,17-19,22-23H,7,12-13,16H2,(H,30,35). The van der Waals surface area contributed by atoms with E-state index in [4.69, 9.17) is 4.98 Å². The Labute approximate surface area is 203 Å². The number of nitrogens with one attached hydrogen (secondary N) is 1. The fraction of sp³-hybridized carbons (Fsp3) is 0.214. The molecule has 1 aliphatic carbocycles. The van der Waals surface area contributed by atoms with Crippen LogP contribution in [0.5, 0.6) is 0 Å². The number of carbonyl (C=O) groups excluding carboxylic acids is 1. The fourth-order valence-electron chi connectivity index (χ4n) is 4.97. The summed E-state index contributed by atoms with van der Waals surface area (Å²) in [5.74, 6) is -0.160. The van der Waals surface area contributed by atoms with E-state index in [0.717, 1.165) is 48.2 Å². The minimum Gasteiger partial charge on any atom is -0.348 e. The van der Waals surface area contributed by atoms with E-state index in [1.807, 2.05) is 79.3 Å². The smallest absolute Gasteiger partial charge is 0.272 e. The van der Waals surface area contributed by atoms with E-state index in [9.17, 15) is 4.79 Å². The van der Waals surface area contributed by atoms with Crippen molar-refractivity contribution in [3.63, 3.8) is 0 Å². The van der Waals surface area contributed by atoms with Crippen molar-refractivity contribution in [3.8, 4) is 22.5 Å². The SMILES string of the molecule is O=C(NC1CCCC(n2ccnc2)C1)c1cc2nc(-c3ccccc3)cc(-c3ccccc3)n2n1. The molecule has 3 heterocycles. The molecule has 1 amide bonds. The van der Waals surface area contributed by atoms with E-state index in [1.54, 1.807) is 16.8 Å². The zero-order valence-electron chi connectivity index (χ0n) is 19.3. The molecule has 0 radical (unpaired) electrons. The van der Waals surface area contributed by atoms with E-state index in [1.165, 1.54) is 0 Å². The Morgan fingerprint density at radius 3 is 2.46 bits per heavy atom. The third kappa shape index (κ3) is 4.33. The summed E-state index contributed by atoms with van der Waals surface area (Å²) < 4.78 is 3.91. The Morgan fingerprint density at radius 1 is 0.943 bits per heavy atom. The van der Waals surface area contributed by atoms with E-state index >= 15 is 0 Å². The second-order valence-electron chi connectivity index (χ2n) is 9.06. The van der Waals surface area contributed by atoms with Crippen molar-refractivity contribution >= 4 is 11.6 Å². The first-order chi connectivity index (χ1) is 17.2. The molecule has 0 saturated heterocycles. The molecule has 3 aromatic heterocycles. The van der Waals surface area contributed by atoms with Crippen LogP contribution in [0.2, 0.25) is 0 Å². The molecule has 6 rings (SSSR count). The molecule has 1 N–H and O–H groups in total. The van der Waals surface area contributed by atoms with Gasteiger partial charge in [-0.1, -0.05) is 60.7 Å². The average Bonchev–Trinajstić information content (AvgIpc) is 3.60. The first-order valence-electron chi connectivity index (χ1n) is 12.0. The number of hydrogen-bond donors (Lipinski definition) is 1. The van der Waals surface area contributed by atoms with E-state index in [2.05, 4.69) is 20.0 Å². The largest absolute Gasteiger partial charge is 0.348 e. The number of aromatic nitrogens is 5. The number of imidazole rings is 1. The van der Waals surface area contributed by atoms with Gasteiger partial charge in [0.15, 0.2) is 11.3 Å². The van der Waals surface area contributed by atoms with Crippen LogP contribution in [-0.4, -0.2) is 36.1 Å². The summed E-state index contributed by atoms with van der Waals surface area (Å²) in [5, 5.41) is 7.90. The summed E-state index contributed by atoms with van der Waals surface area (Å²) >= 11 is 0. The van der Waals surface area contributed by atoms with Crippen LogP contribution in [0.1, 0.15) is 42.2 Å². The van der Waals surface area contributed by atoms with Gasteiger partial charge in [-0.2, -0.15) is 5.10 Å². The zero-order chi connectivity index (χ0) is 23.6. The van der Waals surface area contributed by atoms with Crippen LogP contribution in [-0.2, 0) is 0 Å². The van der Waals surface area contributed by atoms with Gasteiger partial charge in [-0.15, -0.1) is 0 Å². The van der Waals surface area contributed by atoms with Crippen molar-refractivity contribution < 1.29 is 4.79 Å². The molecule has 0 spiro atoms. The van der Waals surface area contributed by atoms with Crippen molar-refractivity contribution in [2.45, 2.75) is 37.8 Å². The van der Waals surface area contributed by atoms with Crippen LogP contribution in [0.3, 0.4) is 0 Å². The molecule has 2 unspecified atom stereocenters. The lowest BCUT2D eigenvalue weighted by atomic mass is 9.90. The van der Waals surface area contributed by atoms with Crippen LogP contribution >= 0.6 is 0 Å². The Bertz CT molecular complexity index is 1440. The maximum absolute atomic E-state index is 13.2. The van der Waals surface area contributed by atoms with Crippen LogP contribution in [0.25, 0.3) is 28.2 Å². The first kappa shape index (κ1) is 21.3. The molecule has 1 aliphatic rings. The Kier molecular flexibility index (Phi) is 5.58. The third-order valence-electron chi connectivity index (χ3n) is 6.73. The number of benzene rings is 2. The number of hydrogen-bond acceptors (Lipinski definition) is 4. The van der Waals surface area contributed by atoms with Crippen LogP contribution in [0.15, 0.2) is 91.5 Å². The normalized spacial score (nSPS) is 17.9. The highest BCUT2D eigenvalue weighted by molar-refractivity contribution is 5.93. The molecule has 5 aromatic rings. The molecule has 0 bridgehead atoms. The quantitative estimate of drug-likeness (QED) is 0.391. The van der Waals surface area contributed by atoms with Gasteiger partial charge in [-0.05, 0) is 31.7 Å². The van der Waals surface area contributed by atoms with Gasteiger partial charge in [-0.3, -0.25) is 4.79 Å². The summed E-state index contributed by atoms with van der Waals surface area (Å²) in [6, 6.07) is 24.4. The highest BCUT2D eigenvalue weighted by Gasteiger charge is 2.25. The number of amides is 1. The summed E-state index contributed by atoms with van der Waals surface area (Å²) in [6.45, 7) is 0. The van der Waals surface area contributed by atoms with E-state index in [0.29, 0.717) is 17.4 Å². The summed E-state index contributed by atoms with van der Waals surface area (Å²) in [4.78, 5) is 22.3. The molecule has 174 valence electrons. The van der Waals surface area contributed by atoms with Crippen molar-refractivity contribution in [1.29, 1.82) is 0 Å². The zero-order valence-corrected chi connectivity index (χ0v) is 19.3. The Morgan fingerprint density at radius 2 is 1.71 bits per heavy atom. The lowest BCUT2D eigenvalue weighted by molar-refractivity contribution is 0.0915. The third-order valence-corrected chi connectivity index (χ3v) is 6.73. The molecule has 35 heavy (non-hydrogen) atoms. The molecular formula is C28H26N6O. The van der Waals surface area contributed by atoms with Crippen molar-refractivity contribution in [2.75, 3.05) is 0 Å². The molecule has 2 aromatic carbocycles. The minimum absolute atomic E-state index is 0.106.